The van der Waals surface area contributed by atoms with Gasteiger partial charge >= 0.3 is 0 Å². The van der Waals surface area contributed by atoms with E-state index in [0.717, 1.165) is 31.6 Å². The monoisotopic (exact) mass is 424 g/mol. The Labute approximate surface area is 180 Å². The highest BCUT2D eigenvalue weighted by Gasteiger charge is 2.21. The Morgan fingerprint density at radius 3 is 2.30 bits per heavy atom. The van der Waals surface area contributed by atoms with Gasteiger partial charge in [0.25, 0.3) is 0 Å². The Morgan fingerprint density at radius 1 is 0.900 bits per heavy atom. The molecular formula is C23H25FN4OS. The SMILES string of the molecule is O=C(CSc1nnc(-c2ccccc2F)n1-c1ccccc1)N1CCCCCCC1. The molecule has 0 atom stereocenters. The van der Waals surface area contributed by atoms with Crippen LogP contribution in [0.15, 0.2) is 59.8 Å². The summed E-state index contributed by atoms with van der Waals surface area (Å²) in [5.41, 5.74) is 1.22. The summed E-state index contributed by atoms with van der Waals surface area (Å²) in [7, 11) is 0. The lowest BCUT2D eigenvalue weighted by Crippen LogP contribution is -2.35. The molecule has 4 rings (SSSR count). The molecule has 0 unspecified atom stereocenters. The molecule has 0 saturated carbocycles. The zero-order valence-corrected chi connectivity index (χ0v) is 17.7. The lowest BCUT2D eigenvalue weighted by Gasteiger charge is -2.24. The van der Waals surface area contributed by atoms with Crippen LogP contribution in [0.1, 0.15) is 32.1 Å². The fourth-order valence-corrected chi connectivity index (χ4v) is 4.56. The summed E-state index contributed by atoms with van der Waals surface area (Å²) in [6.07, 6.45) is 5.76. The van der Waals surface area contributed by atoms with Crippen molar-refractivity contribution >= 4 is 17.7 Å². The van der Waals surface area contributed by atoms with Crippen molar-refractivity contribution in [3.63, 3.8) is 0 Å². The molecule has 0 N–H and O–H groups in total. The van der Waals surface area contributed by atoms with E-state index in [1.165, 1.54) is 37.1 Å². The molecule has 5 nitrogen and oxygen atoms in total. The lowest BCUT2D eigenvalue weighted by molar-refractivity contribution is -0.128. The summed E-state index contributed by atoms with van der Waals surface area (Å²) in [5.74, 6) is 0.496. The number of hydrogen-bond donors (Lipinski definition) is 0. The normalized spacial score (nSPS) is 14.9. The maximum atomic E-state index is 14.5. The molecule has 0 bridgehead atoms. The van der Waals surface area contributed by atoms with E-state index in [4.69, 9.17) is 0 Å². The standard InChI is InChI=1S/C23H25FN4OS/c24-20-14-8-7-13-19(20)22-25-26-23(28(22)18-11-5-4-6-12-18)30-17-21(29)27-15-9-2-1-3-10-16-27/h4-8,11-14H,1-3,9-10,15-17H2. The molecular weight excluding hydrogens is 399 g/mol. The summed E-state index contributed by atoms with van der Waals surface area (Å²) >= 11 is 1.35. The Bertz CT molecular complexity index is 984. The van der Waals surface area contributed by atoms with Gasteiger partial charge in [-0.2, -0.15) is 0 Å². The van der Waals surface area contributed by atoms with Gasteiger partial charge in [-0.05, 0) is 37.1 Å². The van der Waals surface area contributed by atoms with Gasteiger partial charge in [-0.3, -0.25) is 9.36 Å². The van der Waals surface area contributed by atoms with E-state index >= 15 is 0 Å². The molecule has 0 spiro atoms. The zero-order chi connectivity index (χ0) is 20.8. The number of halogens is 1. The summed E-state index contributed by atoms with van der Waals surface area (Å²) in [6.45, 7) is 1.65. The van der Waals surface area contributed by atoms with Gasteiger partial charge in [-0.25, -0.2) is 4.39 Å². The molecule has 7 heteroatoms. The van der Waals surface area contributed by atoms with Gasteiger partial charge in [-0.1, -0.05) is 61.4 Å². The van der Waals surface area contributed by atoms with Gasteiger partial charge < -0.3 is 4.90 Å². The molecule has 1 aromatic heterocycles. The molecule has 1 aliphatic rings. The molecule has 1 fully saturated rings. The first-order valence-electron chi connectivity index (χ1n) is 10.4. The largest absolute Gasteiger partial charge is 0.342 e. The van der Waals surface area contributed by atoms with Gasteiger partial charge in [0, 0.05) is 18.8 Å². The number of para-hydroxylation sites is 1. The predicted octanol–water partition coefficient (Wildman–Crippen LogP) is 4.96. The van der Waals surface area contributed by atoms with E-state index in [2.05, 4.69) is 10.2 Å². The zero-order valence-electron chi connectivity index (χ0n) is 16.8. The molecule has 1 saturated heterocycles. The molecule has 3 aromatic rings. The maximum Gasteiger partial charge on any atom is 0.233 e. The molecule has 2 heterocycles. The first-order chi connectivity index (χ1) is 14.7. The summed E-state index contributed by atoms with van der Waals surface area (Å²) in [4.78, 5) is 14.8. The van der Waals surface area contributed by atoms with E-state index in [9.17, 15) is 9.18 Å². The quantitative estimate of drug-likeness (QED) is 0.544. The van der Waals surface area contributed by atoms with Crippen LogP contribution in [0.2, 0.25) is 0 Å². The molecule has 1 aliphatic heterocycles. The minimum absolute atomic E-state index is 0.122. The van der Waals surface area contributed by atoms with Crippen LogP contribution in [-0.4, -0.2) is 44.4 Å². The molecule has 2 aromatic carbocycles. The third kappa shape index (κ3) is 4.73. The van der Waals surface area contributed by atoms with Crippen LogP contribution in [0.3, 0.4) is 0 Å². The van der Waals surface area contributed by atoms with Crippen molar-refractivity contribution in [2.75, 3.05) is 18.8 Å². The highest BCUT2D eigenvalue weighted by molar-refractivity contribution is 7.99. The summed E-state index contributed by atoms with van der Waals surface area (Å²) in [6, 6.07) is 16.2. The Balaban J connectivity index is 1.59. The number of carbonyl (C=O) groups is 1. The molecule has 0 aliphatic carbocycles. The molecule has 156 valence electrons. The van der Waals surface area contributed by atoms with Gasteiger partial charge in [-0.15, -0.1) is 10.2 Å². The van der Waals surface area contributed by atoms with Gasteiger partial charge in [0.1, 0.15) is 5.82 Å². The minimum Gasteiger partial charge on any atom is -0.342 e. The average molecular weight is 425 g/mol. The molecule has 30 heavy (non-hydrogen) atoms. The van der Waals surface area contributed by atoms with Crippen molar-refractivity contribution in [1.29, 1.82) is 0 Å². The van der Waals surface area contributed by atoms with Gasteiger partial charge in [0.15, 0.2) is 11.0 Å². The number of rotatable bonds is 5. The minimum atomic E-state index is -0.352. The van der Waals surface area contributed by atoms with Crippen LogP contribution in [0, 0.1) is 5.82 Å². The van der Waals surface area contributed by atoms with Crippen LogP contribution in [0.25, 0.3) is 17.1 Å². The number of thioether (sulfide) groups is 1. The summed E-state index contributed by atoms with van der Waals surface area (Å²) in [5, 5.41) is 9.15. The van der Waals surface area contributed by atoms with E-state index in [0.29, 0.717) is 22.3 Å². The number of nitrogens with zero attached hydrogens (tertiary/aromatic N) is 4. The number of benzene rings is 2. The fourth-order valence-electron chi connectivity index (χ4n) is 3.70. The van der Waals surface area contributed by atoms with Gasteiger partial charge in [0.2, 0.25) is 5.91 Å². The van der Waals surface area contributed by atoms with E-state index in [1.54, 1.807) is 18.2 Å². The number of likely N-dealkylation sites (tertiary alicyclic amines) is 1. The Hall–Kier alpha value is -2.67. The van der Waals surface area contributed by atoms with Crippen LogP contribution >= 0.6 is 11.8 Å². The van der Waals surface area contributed by atoms with Crippen molar-refractivity contribution in [3.8, 4) is 17.1 Å². The second-order valence-corrected chi connectivity index (χ2v) is 8.34. The van der Waals surface area contributed by atoms with E-state index in [1.807, 2.05) is 39.8 Å². The number of hydrogen-bond acceptors (Lipinski definition) is 4. The molecule has 0 radical (unpaired) electrons. The predicted molar refractivity (Wildman–Crippen MR) is 117 cm³/mol. The Morgan fingerprint density at radius 2 is 1.57 bits per heavy atom. The summed E-state index contributed by atoms with van der Waals surface area (Å²) < 4.78 is 16.3. The van der Waals surface area contributed by atoms with Crippen molar-refractivity contribution < 1.29 is 9.18 Å². The van der Waals surface area contributed by atoms with Gasteiger partial charge in [0.05, 0.1) is 11.3 Å². The maximum absolute atomic E-state index is 14.5. The van der Waals surface area contributed by atoms with E-state index < -0.39 is 0 Å². The number of carbonyl (C=O) groups excluding carboxylic acids is 1. The second-order valence-electron chi connectivity index (χ2n) is 7.39. The van der Waals surface area contributed by atoms with Crippen molar-refractivity contribution in [2.24, 2.45) is 0 Å². The van der Waals surface area contributed by atoms with Crippen LogP contribution in [0.5, 0.6) is 0 Å². The lowest BCUT2D eigenvalue weighted by atomic mass is 10.1. The fraction of sp³-hybridized carbons (Fsp3) is 0.348. The number of aromatic nitrogens is 3. The second kappa shape index (κ2) is 9.89. The van der Waals surface area contributed by atoms with Crippen LogP contribution in [0.4, 0.5) is 4.39 Å². The van der Waals surface area contributed by atoms with Crippen molar-refractivity contribution in [3.05, 3.63) is 60.4 Å². The third-order valence-corrected chi connectivity index (χ3v) is 6.21. The third-order valence-electron chi connectivity index (χ3n) is 5.30. The highest BCUT2D eigenvalue weighted by atomic mass is 32.2. The first-order valence-corrected chi connectivity index (χ1v) is 11.4. The van der Waals surface area contributed by atoms with E-state index in [-0.39, 0.29) is 11.7 Å². The topological polar surface area (TPSA) is 51.0 Å². The average Bonchev–Trinajstić information content (AvgIpc) is 3.16. The Kier molecular flexibility index (Phi) is 6.79. The smallest absolute Gasteiger partial charge is 0.233 e. The van der Waals surface area contributed by atoms with Crippen LogP contribution < -0.4 is 0 Å². The molecule has 1 amide bonds. The first kappa shape index (κ1) is 20.6. The highest BCUT2D eigenvalue weighted by Crippen LogP contribution is 2.29. The van der Waals surface area contributed by atoms with Crippen LogP contribution in [-0.2, 0) is 4.79 Å². The van der Waals surface area contributed by atoms with Crippen molar-refractivity contribution in [1.82, 2.24) is 19.7 Å². The van der Waals surface area contributed by atoms with Crippen molar-refractivity contribution in [2.45, 2.75) is 37.3 Å². The number of amides is 1.